The molecule has 1 aliphatic rings. The van der Waals surface area contributed by atoms with Gasteiger partial charge in [0.1, 0.15) is 11.4 Å². The Bertz CT molecular complexity index is 642. The number of hydrogen-bond donors (Lipinski definition) is 1. The SMILES string of the molecule is CCOC(=O)c1[nH]nc(-c2ccc(OC3CC3)cc2)c1C. The van der Waals surface area contributed by atoms with Gasteiger partial charge in [-0.25, -0.2) is 4.79 Å². The Balaban J connectivity index is 1.81. The number of nitrogens with one attached hydrogen (secondary N) is 1. The second kappa shape index (κ2) is 5.60. The van der Waals surface area contributed by atoms with Gasteiger partial charge in [-0.2, -0.15) is 5.10 Å². The smallest absolute Gasteiger partial charge is 0.356 e. The minimum absolute atomic E-state index is 0.347. The molecule has 5 heteroatoms. The molecule has 2 aromatic rings. The highest BCUT2D eigenvalue weighted by Gasteiger charge is 2.23. The summed E-state index contributed by atoms with van der Waals surface area (Å²) in [5.74, 6) is 0.502. The van der Waals surface area contributed by atoms with E-state index >= 15 is 0 Å². The van der Waals surface area contributed by atoms with E-state index in [0.717, 1.165) is 35.4 Å². The first-order valence-electron chi connectivity index (χ1n) is 7.18. The van der Waals surface area contributed by atoms with Crippen LogP contribution >= 0.6 is 0 Å². The van der Waals surface area contributed by atoms with E-state index in [-0.39, 0.29) is 5.97 Å². The van der Waals surface area contributed by atoms with Crippen molar-refractivity contribution in [3.05, 3.63) is 35.5 Å². The van der Waals surface area contributed by atoms with Gasteiger partial charge in [-0.05, 0) is 51.0 Å². The maximum absolute atomic E-state index is 11.8. The maximum Gasteiger partial charge on any atom is 0.356 e. The number of carbonyl (C=O) groups excluding carboxylic acids is 1. The van der Waals surface area contributed by atoms with Crippen molar-refractivity contribution in [2.75, 3.05) is 6.61 Å². The second-order valence-electron chi connectivity index (χ2n) is 5.13. The van der Waals surface area contributed by atoms with Crippen LogP contribution in [0.15, 0.2) is 24.3 Å². The summed E-state index contributed by atoms with van der Waals surface area (Å²) in [6.07, 6.45) is 2.67. The van der Waals surface area contributed by atoms with Crippen molar-refractivity contribution in [3.63, 3.8) is 0 Å². The molecule has 0 unspecified atom stereocenters. The molecule has 0 radical (unpaired) electrons. The fourth-order valence-corrected chi connectivity index (χ4v) is 2.15. The van der Waals surface area contributed by atoms with Crippen LogP contribution in [-0.4, -0.2) is 28.9 Å². The summed E-state index contributed by atoms with van der Waals surface area (Å²) in [6, 6.07) is 7.78. The fourth-order valence-electron chi connectivity index (χ4n) is 2.15. The third kappa shape index (κ3) is 2.91. The zero-order valence-electron chi connectivity index (χ0n) is 12.2. The van der Waals surface area contributed by atoms with E-state index in [4.69, 9.17) is 9.47 Å². The van der Waals surface area contributed by atoms with Gasteiger partial charge in [0, 0.05) is 11.1 Å². The van der Waals surface area contributed by atoms with E-state index < -0.39 is 0 Å². The number of aromatic nitrogens is 2. The van der Waals surface area contributed by atoms with Crippen molar-refractivity contribution < 1.29 is 14.3 Å². The number of aromatic amines is 1. The lowest BCUT2D eigenvalue weighted by Gasteiger charge is -2.05. The van der Waals surface area contributed by atoms with E-state index in [0.29, 0.717) is 18.4 Å². The first kappa shape index (κ1) is 13.7. The fraction of sp³-hybridized carbons (Fsp3) is 0.375. The largest absolute Gasteiger partial charge is 0.490 e. The van der Waals surface area contributed by atoms with Crippen LogP contribution in [-0.2, 0) is 4.74 Å². The highest BCUT2D eigenvalue weighted by molar-refractivity contribution is 5.91. The monoisotopic (exact) mass is 286 g/mol. The molecule has 0 bridgehead atoms. The molecule has 1 N–H and O–H groups in total. The van der Waals surface area contributed by atoms with Crippen LogP contribution in [0.2, 0.25) is 0 Å². The third-order valence-electron chi connectivity index (χ3n) is 3.44. The summed E-state index contributed by atoms with van der Waals surface area (Å²) in [5.41, 5.74) is 2.91. The molecule has 1 aromatic carbocycles. The van der Waals surface area contributed by atoms with Crippen molar-refractivity contribution in [3.8, 4) is 17.0 Å². The van der Waals surface area contributed by atoms with Crippen LogP contribution in [0.5, 0.6) is 5.75 Å². The van der Waals surface area contributed by atoms with E-state index in [2.05, 4.69) is 10.2 Å². The molecule has 0 spiro atoms. The normalized spacial score (nSPS) is 14.0. The van der Waals surface area contributed by atoms with Gasteiger partial charge in [-0.1, -0.05) is 0 Å². The number of H-pyrrole nitrogens is 1. The maximum atomic E-state index is 11.8. The van der Waals surface area contributed by atoms with Crippen LogP contribution in [0.1, 0.15) is 35.8 Å². The standard InChI is InChI=1S/C16H18N2O3/c1-3-20-16(19)15-10(2)14(17-18-15)11-4-6-12(7-5-11)21-13-8-9-13/h4-7,13H,3,8-9H2,1-2H3,(H,17,18). The molecule has 1 fully saturated rings. The zero-order chi connectivity index (χ0) is 14.8. The van der Waals surface area contributed by atoms with Crippen molar-refractivity contribution >= 4 is 5.97 Å². The van der Waals surface area contributed by atoms with Crippen LogP contribution in [0.3, 0.4) is 0 Å². The predicted molar refractivity (Wildman–Crippen MR) is 78.4 cm³/mol. The second-order valence-corrected chi connectivity index (χ2v) is 5.13. The lowest BCUT2D eigenvalue weighted by molar-refractivity contribution is 0.0518. The number of esters is 1. The first-order valence-corrected chi connectivity index (χ1v) is 7.18. The van der Waals surface area contributed by atoms with Gasteiger partial charge in [0.2, 0.25) is 0 Å². The van der Waals surface area contributed by atoms with Gasteiger partial charge in [-0.3, -0.25) is 5.10 Å². The first-order chi connectivity index (χ1) is 10.2. The average molecular weight is 286 g/mol. The lowest BCUT2D eigenvalue weighted by atomic mass is 10.1. The number of nitrogens with zero attached hydrogens (tertiary/aromatic N) is 1. The summed E-state index contributed by atoms with van der Waals surface area (Å²) >= 11 is 0. The molecule has 1 aliphatic carbocycles. The van der Waals surface area contributed by atoms with Crippen molar-refractivity contribution in [2.45, 2.75) is 32.8 Å². The van der Waals surface area contributed by atoms with Gasteiger partial charge < -0.3 is 9.47 Å². The number of rotatable bonds is 5. The molecule has 0 amide bonds. The van der Waals surface area contributed by atoms with E-state index in [1.54, 1.807) is 6.92 Å². The Morgan fingerprint density at radius 3 is 2.67 bits per heavy atom. The van der Waals surface area contributed by atoms with Crippen LogP contribution in [0.4, 0.5) is 0 Å². The Hall–Kier alpha value is -2.30. The average Bonchev–Trinajstić information content (AvgIpc) is 3.21. The minimum atomic E-state index is -0.373. The number of hydrogen-bond acceptors (Lipinski definition) is 4. The molecule has 5 nitrogen and oxygen atoms in total. The Morgan fingerprint density at radius 1 is 1.33 bits per heavy atom. The van der Waals surface area contributed by atoms with E-state index in [1.807, 2.05) is 31.2 Å². The molecule has 0 aliphatic heterocycles. The highest BCUT2D eigenvalue weighted by Crippen LogP contribution is 2.29. The van der Waals surface area contributed by atoms with Crippen molar-refractivity contribution in [1.82, 2.24) is 10.2 Å². The number of carbonyl (C=O) groups is 1. The van der Waals surface area contributed by atoms with Crippen LogP contribution in [0.25, 0.3) is 11.3 Å². The topological polar surface area (TPSA) is 64.2 Å². The minimum Gasteiger partial charge on any atom is -0.490 e. The van der Waals surface area contributed by atoms with Gasteiger partial charge in [0.25, 0.3) is 0 Å². The van der Waals surface area contributed by atoms with Gasteiger partial charge >= 0.3 is 5.97 Å². The molecule has 110 valence electrons. The summed E-state index contributed by atoms with van der Waals surface area (Å²) in [7, 11) is 0. The van der Waals surface area contributed by atoms with Gasteiger partial charge in [0.05, 0.1) is 18.4 Å². The molecule has 1 aromatic heterocycles. The molecular formula is C16H18N2O3. The molecule has 1 heterocycles. The summed E-state index contributed by atoms with van der Waals surface area (Å²) in [4.78, 5) is 11.8. The zero-order valence-corrected chi connectivity index (χ0v) is 12.2. The molecule has 0 atom stereocenters. The van der Waals surface area contributed by atoms with Crippen LogP contribution < -0.4 is 4.74 Å². The predicted octanol–water partition coefficient (Wildman–Crippen LogP) is 3.10. The number of ether oxygens (including phenoxy) is 2. The number of benzene rings is 1. The highest BCUT2D eigenvalue weighted by atomic mass is 16.5. The van der Waals surface area contributed by atoms with Gasteiger partial charge in [-0.15, -0.1) is 0 Å². The molecule has 0 saturated heterocycles. The Labute approximate surface area is 123 Å². The van der Waals surface area contributed by atoms with Crippen molar-refractivity contribution in [1.29, 1.82) is 0 Å². The lowest BCUT2D eigenvalue weighted by Crippen LogP contribution is -2.06. The summed E-state index contributed by atoms with van der Waals surface area (Å²) in [6.45, 7) is 3.99. The molecular weight excluding hydrogens is 268 g/mol. The van der Waals surface area contributed by atoms with Crippen molar-refractivity contribution in [2.24, 2.45) is 0 Å². The summed E-state index contributed by atoms with van der Waals surface area (Å²) < 4.78 is 10.7. The van der Waals surface area contributed by atoms with E-state index in [9.17, 15) is 4.79 Å². The molecule has 1 saturated carbocycles. The molecule has 21 heavy (non-hydrogen) atoms. The Morgan fingerprint density at radius 2 is 2.05 bits per heavy atom. The third-order valence-corrected chi connectivity index (χ3v) is 3.44. The Kier molecular flexibility index (Phi) is 3.64. The quantitative estimate of drug-likeness (QED) is 0.858. The van der Waals surface area contributed by atoms with E-state index in [1.165, 1.54) is 0 Å². The van der Waals surface area contributed by atoms with Crippen LogP contribution in [0, 0.1) is 6.92 Å². The van der Waals surface area contributed by atoms with Gasteiger partial charge in [0.15, 0.2) is 0 Å². The molecule has 3 rings (SSSR count). The summed E-state index contributed by atoms with van der Waals surface area (Å²) in [5, 5.41) is 6.98.